The molecule has 2 aromatic carbocycles. The van der Waals surface area contributed by atoms with Gasteiger partial charge in [-0.3, -0.25) is 4.79 Å². The maximum absolute atomic E-state index is 13.0. The van der Waals surface area contributed by atoms with E-state index in [0.29, 0.717) is 44.2 Å². The number of hydrogen-bond acceptors (Lipinski definition) is 5. The molecule has 1 heterocycles. The highest BCUT2D eigenvalue weighted by atomic mass is 16.5. The maximum atomic E-state index is 13.0. The molecule has 0 aliphatic carbocycles. The van der Waals surface area contributed by atoms with E-state index in [2.05, 4.69) is 5.32 Å². The highest BCUT2D eigenvalue weighted by Gasteiger charge is 2.34. The molecule has 1 atom stereocenters. The van der Waals surface area contributed by atoms with Gasteiger partial charge in [0.1, 0.15) is 0 Å². The lowest BCUT2D eigenvalue weighted by atomic mass is 9.90. The van der Waals surface area contributed by atoms with Gasteiger partial charge in [0.05, 0.1) is 32.8 Å². The van der Waals surface area contributed by atoms with Gasteiger partial charge < -0.3 is 24.4 Å². The fraction of sp³-hybridized carbons (Fsp3) is 0.417. The van der Waals surface area contributed by atoms with Gasteiger partial charge in [-0.15, -0.1) is 0 Å². The summed E-state index contributed by atoms with van der Waals surface area (Å²) in [4.78, 5) is 26.9. The summed E-state index contributed by atoms with van der Waals surface area (Å²) in [5, 5.41) is 2.97. The lowest BCUT2D eigenvalue weighted by molar-refractivity contribution is -0.141. The Hall–Kier alpha value is -3.22. The molecular formula is C24H30N2O5. The second kappa shape index (κ2) is 10.7. The summed E-state index contributed by atoms with van der Waals surface area (Å²) in [6, 6.07) is 12.9. The van der Waals surface area contributed by atoms with Crippen molar-refractivity contribution in [1.29, 1.82) is 0 Å². The van der Waals surface area contributed by atoms with Gasteiger partial charge in [-0.1, -0.05) is 30.3 Å². The smallest absolute Gasteiger partial charge is 0.318 e. The van der Waals surface area contributed by atoms with Crippen molar-refractivity contribution < 1.29 is 23.8 Å². The number of hydrogen-bond donors (Lipinski definition) is 1. The van der Waals surface area contributed by atoms with Crippen molar-refractivity contribution in [3.8, 4) is 11.5 Å². The molecule has 7 heteroatoms. The van der Waals surface area contributed by atoms with E-state index in [-0.39, 0.29) is 18.4 Å². The van der Waals surface area contributed by atoms with Gasteiger partial charge >= 0.3 is 12.0 Å². The molecule has 1 aliphatic heterocycles. The summed E-state index contributed by atoms with van der Waals surface area (Å²) in [5.74, 6) is 0.928. The van der Waals surface area contributed by atoms with Crippen molar-refractivity contribution >= 4 is 12.0 Å². The van der Waals surface area contributed by atoms with Crippen LogP contribution in [0.5, 0.6) is 11.5 Å². The summed E-state index contributed by atoms with van der Waals surface area (Å²) < 4.78 is 16.4. The molecule has 31 heavy (non-hydrogen) atoms. The first-order valence-corrected chi connectivity index (χ1v) is 10.6. The van der Waals surface area contributed by atoms with Gasteiger partial charge in [0, 0.05) is 13.1 Å². The topological polar surface area (TPSA) is 77.1 Å². The van der Waals surface area contributed by atoms with Crippen LogP contribution in [0, 0.1) is 0 Å². The number of amides is 2. The van der Waals surface area contributed by atoms with Crippen LogP contribution in [0.25, 0.3) is 0 Å². The van der Waals surface area contributed by atoms with Gasteiger partial charge in [-0.05, 0) is 49.1 Å². The van der Waals surface area contributed by atoms with Crippen LogP contribution in [0.2, 0.25) is 0 Å². The van der Waals surface area contributed by atoms with E-state index in [1.54, 1.807) is 4.90 Å². The van der Waals surface area contributed by atoms with Crippen LogP contribution >= 0.6 is 0 Å². The van der Waals surface area contributed by atoms with Gasteiger partial charge in [-0.25, -0.2) is 4.79 Å². The normalized spacial score (nSPS) is 15.1. The largest absolute Gasteiger partial charge is 0.490 e. The molecule has 0 bridgehead atoms. The van der Waals surface area contributed by atoms with Gasteiger partial charge in [0.15, 0.2) is 11.5 Å². The number of methoxy groups -OCH3 is 1. The van der Waals surface area contributed by atoms with Crippen LogP contribution in [-0.4, -0.2) is 43.8 Å². The van der Waals surface area contributed by atoms with Gasteiger partial charge in [-0.2, -0.15) is 0 Å². The quantitative estimate of drug-likeness (QED) is 0.649. The third-order valence-electron chi connectivity index (χ3n) is 5.30. The molecule has 0 aromatic heterocycles. The number of rotatable bonds is 8. The monoisotopic (exact) mass is 426 g/mol. The van der Waals surface area contributed by atoms with Gasteiger partial charge in [0.25, 0.3) is 0 Å². The third-order valence-corrected chi connectivity index (χ3v) is 5.30. The minimum atomic E-state index is -0.443. The van der Waals surface area contributed by atoms with Crippen LogP contribution in [0.15, 0.2) is 42.5 Å². The predicted octanol–water partition coefficient (Wildman–Crippen LogP) is 3.86. The van der Waals surface area contributed by atoms with E-state index < -0.39 is 6.04 Å². The maximum Gasteiger partial charge on any atom is 0.318 e. The van der Waals surface area contributed by atoms with E-state index in [0.717, 1.165) is 16.7 Å². The summed E-state index contributed by atoms with van der Waals surface area (Å²) >= 11 is 0. The Morgan fingerprint density at radius 1 is 1.06 bits per heavy atom. The number of ether oxygens (including phenoxy) is 3. The van der Waals surface area contributed by atoms with Crippen molar-refractivity contribution in [1.82, 2.24) is 10.2 Å². The van der Waals surface area contributed by atoms with Crippen LogP contribution in [0.1, 0.15) is 43.0 Å². The number of carbonyl (C=O) groups is 2. The lowest BCUT2D eigenvalue weighted by Gasteiger charge is -2.37. The molecule has 2 aromatic rings. The first kappa shape index (κ1) is 22.5. The number of urea groups is 1. The van der Waals surface area contributed by atoms with E-state index in [1.165, 1.54) is 7.11 Å². The molecule has 3 rings (SSSR count). The highest BCUT2D eigenvalue weighted by molar-refractivity contribution is 5.77. The van der Waals surface area contributed by atoms with Crippen LogP contribution in [-0.2, 0) is 22.5 Å². The summed E-state index contributed by atoms with van der Waals surface area (Å²) in [6.07, 6.45) is 0.736. The number of benzene rings is 2. The molecule has 7 nitrogen and oxygen atoms in total. The standard InChI is InChI=1S/C24H30N2O5/c1-4-30-21-13-18-11-12-26(24(28)25-16-17-9-7-6-8-10-17)20(15-23(27)29-3)19(18)14-22(21)31-5-2/h6-10,13-14,20H,4-5,11-12,15-16H2,1-3H3,(H,25,28). The Balaban J connectivity index is 1.88. The van der Waals surface area contributed by atoms with E-state index >= 15 is 0 Å². The molecule has 166 valence electrons. The molecular weight excluding hydrogens is 396 g/mol. The molecule has 0 spiro atoms. The summed E-state index contributed by atoms with van der Waals surface area (Å²) in [6.45, 7) is 5.76. The second-order valence-corrected chi connectivity index (χ2v) is 7.25. The molecule has 0 saturated heterocycles. The average Bonchev–Trinajstić information content (AvgIpc) is 2.79. The van der Waals surface area contributed by atoms with Crippen molar-refractivity contribution in [3.63, 3.8) is 0 Å². The first-order valence-electron chi connectivity index (χ1n) is 10.6. The Kier molecular flexibility index (Phi) is 7.76. The Morgan fingerprint density at radius 3 is 2.39 bits per heavy atom. The predicted molar refractivity (Wildman–Crippen MR) is 117 cm³/mol. The zero-order chi connectivity index (χ0) is 22.2. The molecule has 1 unspecified atom stereocenters. The highest BCUT2D eigenvalue weighted by Crippen LogP contribution is 2.40. The molecule has 0 saturated carbocycles. The Morgan fingerprint density at radius 2 is 1.74 bits per heavy atom. The van der Waals surface area contributed by atoms with Gasteiger partial charge in [0.2, 0.25) is 0 Å². The molecule has 1 aliphatic rings. The number of nitrogens with zero attached hydrogens (tertiary/aromatic N) is 1. The molecule has 0 radical (unpaired) electrons. The minimum Gasteiger partial charge on any atom is -0.490 e. The number of nitrogens with one attached hydrogen (secondary N) is 1. The SMILES string of the molecule is CCOc1cc2c(cc1OCC)C(CC(=O)OC)N(C(=O)NCc1ccccc1)CC2. The van der Waals surface area contributed by atoms with Crippen LogP contribution < -0.4 is 14.8 Å². The fourth-order valence-corrected chi connectivity index (χ4v) is 3.83. The van der Waals surface area contributed by atoms with Crippen molar-refractivity contribution in [2.45, 2.75) is 39.3 Å². The van der Waals surface area contributed by atoms with Crippen LogP contribution in [0.3, 0.4) is 0 Å². The number of fused-ring (bicyclic) bond motifs is 1. The fourth-order valence-electron chi connectivity index (χ4n) is 3.83. The van der Waals surface area contributed by atoms with E-state index in [1.807, 2.05) is 56.3 Å². The van der Waals surface area contributed by atoms with E-state index in [9.17, 15) is 9.59 Å². The zero-order valence-corrected chi connectivity index (χ0v) is 18.3. The summed E-state index contributed by atoms with van der Waals surface area (Å²) in [7, 11) is 1.36. The number of carbonyl (C=O) groups excluding carboxylic acids is 2. The van der Waals surface area contributed by atoms with Crippen molar-refractivity contribution in [2.75, 3.05) is 26.9 Å². The molecule has 0 fully saturated rings. The van der Waals surface area contributed by atoms with E-state index in [4.69, 9.17) is 14.2 Å². The Labute approximate surface area is 183 Å². The van der Waals surface area contributed by atoms with Crippen molar-refractivity contribution in [2.24, 2.45) is 0 Å². The zero-order valence-electron chi connectivity index (χ0n) is 18.3. The number of esters is 1. The first-order chi connectivity index (χ1) is 15.1. The molecule has 2 amide bonds. The summed E-state index contributed by atoms with van der Waals surface area (Å²) in [5.41, 5.74) is 2.95. The minimum absolute atomic E-state index is 0.0712. The second-order valence-electron chi connectivity index (χ2n) is 7.25. The van der Waals surface area contributed by atoms with Crippen molar-refractivity contribution in [3.05, 3.63) is 59.2 Å². The Bertz CT molecular complexity index is 900. The van der Waals surface area contributed by atoms with Crippen LogP contribution in [0.4, 0.5) is 4.79 Å². The average molecular weight is 427 g/mol. The lowest BCUT2D eigenvalue weighted by Crippen LogP contribution is -2.46. The molecule has 1 N–H and O–H groups in total. The third kappa shape index (κ3) is 5.48.